The first-order valence-corrected chi connectivity index (χ1v) is 6.91. The van der Waals surface area contributed by atoms with Gasteiger partial charge in [0.2, 0.25) is 0 Å². The summed E-state index contributed by atoms with van der Waals surface area (Å²) in [6.45, 7) is 2.19. The van der Waals surface area contributed by atoms with Gasteiger partial charge in [-0.3, -0.25) is 0 Å². The van der Waals surface area contributed by atoms with Gasteiger partial charge in [0.25, 0.3) is 0 Å². The molecule has 0 saturated carbocycles. The summed E-state index contributed by atoms with van der Waals surface area (Å²) in [4.78, 5) is 1.46. The van der Waals surface area contributed by atoms with Crippen molar-refractivity contribution >= 4 is 11.3 Å². The third kappa shape index (κ3) is 3.42. The molecule has 2 rings (SSSR count). The second kappa shape index (κ2) is 5.99. The van der Waals surface area contributed by atoms with E-state index in [0.717, 1.165) is 12.8 Å². The van der Waals surface area contributed by atoms with Crippen LogP contribution in [0.15, 0.2) is 41.8 Å². The van der Waals surface area contributed by atoms with Crippen molar-refractivity contribution in [2.75, 3.05) is 7.05 Å². The lowest BCUT2D eigenvalue weighted by Crippen LogP contribution is -2.29. The topological polar surface area (TPSA) is 12.0 Å². The lowest BCUT2D eigenvalue weighted by Gasteiger charge is -2.16. The van der Waals surface area contributed by atoms with E-state index >= 15 is 0 Å². The average molecular weight is 245 g/mol. The van der Waals surface area contributed by atoms with E-state index in [9.17, 15) is 0 Å². The number of hydrogen-bond donors (Lipinski definition) is 1. The summed E-state index contributed by atoms with van der Waals surface area (Å²) in [5, 5.41) is 5.57. The molecule has 0 spiro atoms. The maximum Gasteiger partial charge on any atom is 0.0153 e. The molecule has 17 heavy (non-hydrogen) atoms. The molecule has 1 heterocycles. The summed E-state index contributed by atoms with van der Waals surface area (Å²) in [7, 11) is 2.05. The van der Waals surface area contributed by atoms with Crippen LogP contribution in [0.5, 0.6) is 0 Å². The minimum Gasteiger partial charge on any atom is -0.316 e. The van der Waals surface area contributed by atoms with Crippen LogP contribution in [0.4, 0.5) is 0 Å². The van der Waals surface area contributed by atoms with E-state index in [1.165, 1.54) is 16.0 Å². The Kier molecular flexibility index (Phi) is 4.35. The quantitative estimate of drug-likeness (QED) is 0.851. The first-order chi connectivity index (χ1) is 8.29. The van der Waals surface area contributed by atoms with Crippen LogP contribution >= 0.6 is 11.3 Å². The minimum absolute atomic E-state index is 0.523. The van der Waals surface area contributed by atoms with Gasteiger partial charge in [0.05, 0.1) is 0 Å². The second-order valence-electron chi connectivity index (χ2n) is 4.40. The molecule has 0 radical (unpaired) electrons. The SMILES string of the molecule is CNC(Cc1cccs1)Cc1ccccc1C. The van der Waals surface area contributed by atoms with E-state index in [1.807, 2.05) is 11.3 Å². The molecule has 0 saturated heterocycles. The van der Waals surface area contributed by atoms with E-state index in [4.69, 9.17) is 0 Å². The fourth-order valence-corrected chi connectivity index (χ4v) is 2.84. The van der Waals surface area contributed by atoms with Crippen LogP contribution < -0.4 is 5.32 Å². The van der Waals surface area contributed by atoms with Gasteiger partial charge in [-0.25, -0.2) is 0 Å². The summed E-state index contributed by atoms with van der Waals surface area (Å²) < 4.78 is 0. The molecule has 1 N–H and O–H groups in total. The number of aryl methyl sites for hydroxylation is 1. The summed E-state index contributed by atoms with van der Waals surface area (Å²) >= 11 is 1.84. The molecule has 90 valence electrons. The Morgan fingerprint density at radius 2 is 1.94 bits per heavy atom. The van der Waals surface area contributed by atoms with Crippen LogP contribution in [0.3, 0.4) is 0 Å². The maximum atomic E-state index is 3.42. The van der Waals surface area contributed by atoms with Gasteiger partial charge in [-0.15, -0.1) is 11.3 Å². The van der Waals surface area contributed by atoms with Crippen molar-refractivity contribution in [1.82, 2.24) is 5.32 Å². The number of likely N-dealkylation sites (N-methyl/N-ethyl adjacent to an activating group) is 1. The predicted molar refractivity (Wildman–Crippen MR) is 75.8 cm³/mol. The molecule has 1 unspecified atom stereocenters. The molecule has 0 aliphatic heterocycles. The lowest BCUT2D eigenvalue weighted by atomic mass is 9.99. The molecule has 0 aliphatic carbocycles. The van der Waals surface area contributed by atoms with Crippen LogP contribution in [0.25, 0.3) is 0 Å². The Morgan fingerprint density at radius 1 is 1.12 bits per heavy atom. The van der Waals surface area contributed by atoms with Crippen molar-refractivity contribution in [2.45, 2.75) is 25.8 Å². The smallest absolute Gasteiger partial charge is 0.0153 e. The zero-order valence-electron chi connectivity index (χ0n) is 10.4. The molecule has 1 atom stereocenters. The van der Waals surface area contributed by atoms with E-state index in [2.05, 4.69) is 61.1 Å². The Balaban J connectivity index is 2.03. The summed E-state index contributed by atoms with van der Waals surface area (Å²) in [6.07, 6.45) is 2.21. The number of rotatable bonds is 5. The maximum absolute atomic E-state index is 3.42. The van der Waals surface area contributed by atoms with Crippen LogP contribution in [0.2, 0.25) is 0 Å². The fraction of sp³-hybridized carbons (Fsp3) is 0.333. The molecule has 2 heteroatoms. The van der Waals surface area contributed by atoms with Gasteiger partial charge in [-0.05, 0) is 49.4 Å². The predicted octanol–water partition coefficient (Wildman–Crippen LogP) is 3.43. The standard InChI is InChI=1S/C15H19NS/c1-12-6-3-4-7-13(12)10-14(16-2)11-15-8-5-9-17-15/h3-9,14,16H,10-11H2,1-2H3. The Morgan fingerprint density at radius 3 is 2.59 bits per heavy atom. The van der Waals surface area contributed by atoms with Crippen LogP contribution in [0, 0.1) is 6.92 Å². The van der Waals surface area contributed by atoms with Gasteiger partial charge in [0, 0.05) is 10.9 Å². The van der Waals surface area contributed by atoms with E-state index in [1.54, 1.807) is 0 Å². The third-order valence-corrected chi connectivity index (χ3v) is 4.06. The minimum atomic E-state index is 0.523. The zero-order valence-corrected chi connectivity index (χ0v) is 11.3. The molecule has 1 nitrogen and oxygen atoms in total. The van der Waals surface area contributed by atoms with Crippen molar-refractivity contribution in [2.24, 2.45) is 0 Å². The van der Waals surface area contributed by atoms with Crippen molar-refractivity contribution in [3.05, 3.63) is 57.8 Å². The molecule has 1 aromatic carbocycles. The Hall–Kier alpha value is -1.12. The van der Waals surface area contributed by atoms with E-state index < -0.39 is 0 Å². The number of benzene rings is 1. The largest absolute Gasteiger partial charge is 0.316 e. The first kappa shape index (κ1) is 12.3. The number of thiophene rings is 1. The highest BCUT2D eigenvalue weighted by Gasteiger charge is 2.10. The van der Waals surface area contributed by atoms with Gasteiger partial charge in [-0.1, -0.05) is 30.3 Å². The molecule has 0 bridgehead atoms. The highest BCUT2D eigenvalue weighted by atomic mass is 32.1. The van der Waals surface area contributed by atoms with Crippen molar-refractivity contribution in [1.29, 1.82) is 0 Å². The lowest BCUT2D eigenvalue weighted by molar-refractivity contribution is 0.559. The van der Waals surface area contributed by atoms with Gasteiger partial charge >= 0.3 is 0 Å². The zero-order chi connectivity index (χ0) is 12.1. The van der Waals surface area contributed by atoms with Gasteiger partial charge < -0.3 is 5.32 Å². The average Bonchev–Trinajstić information content (AvgIpc) is 2.84. The van der Waals surface area contributed by atoms with Gasteiger partial charge in [0.1, 0.15) is 0 Å². The third-order valence-electron chi connectivity index (χ3n) is 3.16. The van der Waals surface area contributed by atoms with Gasteiger partial charge in [-0.2, -0.15) is 0 Å². The molecule has 0 fully saturated rings. The van der Waals surface area contributed by atoms with Gasteiger partial charge in [0.15, 0.2) is 0 Å². The highest BCUT2D eigenvalue weighted by molar-refractivity contribution is 7.09. The van der Waals surface area contributed by atoms with Crippen LogP contribution in [-0.4, -0.2) is 13.1 Å². The number of hydrogen-bond acceptors (Lipinski definition) is 2. The Bertz CT molecular complexity index is 448. The van der Waals surface area contributed by atoms with Crippen molar-refractivity contribution in [3.8, 4) is 0 Å². The fourth-order valence-electron chi connectivity index (χ4n) is 2.05. The molecular formula is C15H19NS. The molecule has 0 aliphatic rings. The second-order valence-corrected chi connectivity index (χ2v) is 5.43. The normalized spacial score (nSPS) is 12.6. The highest BCUT2D eigenvalue weighted by Crippen LogP contribution is 2.15. The summed E-state index contributed by atoms with van der Waals surface area (Å²) in [6, 6.07) is 13.5. The molecule has 1 aromatic heterocycles. The van der Waals surface area contributed by atoms with E-state index in [0.29, 0.717) is 6.04 Å². The first-order valence-electron chi connectivity index (χ1n) is 6.03. The Labute approximate surface area is 108 Å². The summed E-state index contributed by atoms with van der Waals surface area (Å²) in [5.74, 6) is 0. The monoisotopic (exact) mass is 245 g/mol. The molecule has 0 amide bonds. The number of nitrogens with one attached hydrogen (secondary N) is 1. The van der Waals surface area contributed by atoms with E-state index in [-0.39, 0.29) is 0 Å². The molecule has 2 aromatic rings. The van der Waals surface area contributed by atoms with Crippen molar-refractivity contribution in [3.63, 3.8) is 0 Å². The molecular weight excluding hydrogens is 226 g/mol. The van der Waals surface area contributed by atoms with Crippen LogP contribution in [0.1, 0.15) is 16.0 Å². The van der Waals surface area contributed by atoms with Crippen LogP contribution in [-0.2, 0) is 12.8 Å². The summed E-state index contributed by atoms with van der Waals surface area (Å²) in [5.41, 5.74) is 2.84. The van der Waals surface area contributed by atoms with Crippen molar-refractivity contribution < 1.29 is 0 Å².